The molecule has 0 radical (unpaired) electrons. The number of amides is 1. The van der Waals surface area contributed by atoms with Gasteiger partial charge in [-0.2, -0.15) is 0 Å². The van der Waals surface area contributed by atoms with Gasteiger partial charge in [0.2, 0.25) is 5.91 Å². The molecule has 1 heterocycles. The Hall–Kier alpha value is -1.39. The van der Waals surface area contributed by atoms with Gasteiger partial charge >= 0.3 is 0 Å². The maximum atomic E-state index is 12.5. The number of benzene rings is 1. The van der Waals surface area contributed by atoms with E-state index in [0.717, 1.165) is 31.5 Å². The average molecular weight is 262 g/mol. The van der Waals surface area contributed by atoms with Gasteiger partial charge in [-0.25, -0.2) is 0 Å². The van der Waals surface area contributed by atoms with Crippen LogP contribution >= 0.6 is 0 Å². The van der Waals surface area contributed by atoms with Crippen molar-refractivity contribution in [1.82, 2.24) is 0 Å². The van der Waals surface area contributed by atoms with Gasteiger partial charge in [0.25, 0.3) is 0 Å². The molecule has 19 heavy (non-hydrogen) atoms. The van der Waals surface area contributed by atoms with E-state index in [4.69, 9.17) is 10.5 Å². The first kappa shape index (κ1) is 14.0. The Balaban J connectivity index is 2.17. The number of carbonyl (C=O) groups is 1. The predicted octanol–water partition coefficient (Wildman–Crippen LogP) is 1.72. The summed E-state index contributed by atoms with van der Waals surface area (Å²) in [5.74, 6) is 0.00593. The molecule has 0 fully saturated rings. The van der Waals surface area contributed by atoms with Crippen molar-refractivity contribution < 1.29 is 9.53 Å². The lowest BCUT2D eigenvalue weighted by atomic mass is 10.1. The molecule has 1 aliphatic rings. The van der Waals surface area contributed by atoms with Gasteiger partial charge in [0.15, 0.2) is 0 Å². The van der Waals surface area contributed by atoms with Gasteiger partial charge in [-0.1, -0.05) is 18.2 Å². The Bertz CT molecular complexity index is 434. The van der Waals surface area contributed by atoms with E-state index in [9.17, 15) is 4.79 Å². The number of fused-ring (bicyclic) bond motifs is 1. The molecule has 1 unspecified atom stereocenters. The largest absolute Gasteiger partial charge is 0.385 e. The zero-order valence-corrected chi connectivity index (χ0v) is 11.5. The van der Waals surface area contributed by atoms with Crippen LogP contribution in [0.15, 0.2) is 24.3 Å². The minimum Gasteiger partial charge on any atom is -0.385 e. The van der Waals surface area contributed by atoms with Crippen molar-refractivity contribution in [1.29, 1.82) is 0 Å². The fourth-order valence-electron chi connectivity index (χ4n) is 2.49. The van der Waals surface area contributed by atoms with Gasteiger partial charge in [0, 0.05) is 25.9 Å². The van der Waals surface area contributed by atoms with E-state index < -0.39 is 6.04 Å². The number of anilines is 1. The Morgan fingerprint density at radius 2 is 2.21 bits per heavy atom. The molecule has 2 N–H and O–H groups in total. The number of carbonyl (C=O) groups excluding carboxylic acids is 1. The van der Waals surface area contributed by atoms with E-state index in [-0.39, 0.29) is 5.91 Å². The van der Waals surface area contributed by atoms with Crippen LogP contribution in [-0.4, -0.2) is 32.2 Å². The topological polar surface area (TPSA) is 55.6 Å². The molecule has 2 rings (SSSR count). The molecule has 1 aromatic carbocycles. The molecule has 1 aromatic rings. The van der Waals surface area contributed by atoms with Crippen LogP contribution < -0.4 is 10.6 Å². The minimum atomic E-state index is -0.480. The number of hydrogen-bond acceptors (Lipinski definition) is 3. The van der Waals surface area contributed by atoms with E-state index in [1.807, 2.05) is 23.1 Å². The van der Waals surface area contributed by atoms with Crippen molar-refractivity contribution in [3.05, 3.63) is 29.8 Å². The fourth-order valence-corrected chi connectivity index (χ4v) is 2.49. The first-order valence-corrected chi connectivity index (χ1v) is 6.88. The summed E-state index contributed by atoms with van der Waals surface area (Å²) in [5.41, 5.74) is 8.24. The number of nitrogens with two attached hydrogens (primary N) is 1. The lowest BCUT2D eigenvalue weighted by molar-refractivity contribution is -0.120. The van der Waals surface area contributed by atoms with E-state index in [0.29, 0.717) is 13.0 Å². The quantitative estimate of drug-likeness (QED) is 0.899. The number of rotatable bonds is 4. The molecule has 1 aliphatic heterocycles. The van der Waals surface area contributed by atoms with Gasteiger partial charge in [-0.15, -0.1) is 0 Å². The van der Waals surface area contributed by atoms with Crippen molar-refractivity contribution in [2.75, 3.05) is 25.2 Å². The zero-order chi connectivity index (χ0) is 13.7. The minimum absolute atomic E-state index is 0.00593. The summed E-state index contributed by atoms with van der Waals surface area (Å²) in [6.45, 7) is 1.28. The molecular formula is C15H22N2O2. The van der Waals surface area contributed by atoms with Crippen LogP contribution in [0.2, 0.25) is 0 Å². The summed E-state index contributed by atoms with van der Waals surface area (Å²) >= 11 is 0. The van der Waals surface area contributed by atoms with Crippen LogP contribution in [0.3, 0.4) is 0 Å². The Labute approximate surface area is 114 Å². The standard InChI is InChI=1S/C15H22N2O2/c1-19-11-9-13(16)15(18)17-10-5-4-7-12-6-2-3-8-14(12)17/h2-3,6,8,13H,4-5,7,9-11,16H2,1H3. The van der Waals surface area contributed by atoms with Crippen molar-refractivity contribution in [2.24, 2.45) is 5.73 Å². The summed E-state index contributed by atoms with van der Waals surface area (Å²) in [5, 5.41) is 0. The van der Waals surface area contributed by atoms with Gasteiger partial charge in [-0.05, 0) is 37.3 Å². The lowest BCUT2D eigenvalue weighted by Gasteiger charge is -2.25. The van der Waals surface area contributed by atoms with Crippen molar-refractivity contribution in [2.45, 2.75) is 31.7 Å². The third-order valence-electron chi connectivity index (χ3n) is 3.58. The highest BCUT2D eigenvalue weighted by Crippen LogP contribution is 2.26. The van der Waals surface area contributed by atoms with E-state index in [2.05, 4.69) is 6.07 Å². The normalized spacial score (nSPS) is 16.6. The maximum absolute atomic E-state index is 12.5. The molecule has 0 saturated heterocycles. The van der Waals surface area contributed by atoms with Crippen LogP contribution in [-0.2, 0) is 16.0 Å². The first-order valence-electron chi connectivity index (χ1n) is 6.88. The van der Waals surface area contributed by atoms with E-state index in [1.165, 1.54) is 5.56 Å². The zero-order valence-electron chi connectivity index (χ0n) is 11.5. The molecule has 1 amide bonds. The van der Waals surface area contributed by atoms with E-state index >= 15 is 0 Å². The monoisotopic (exact) mass is 262 g/mol. The highest BCUT2D eigenvalue weighted by atomic mass is 16.5. The van der Waals surface area contributed by atoms with Crippen LogP contribution in [0, 0.1) is 0 Å². The summed E-state index contributed by atoms with van der Waals surface area (Å²) in [6, 6.07) is 7.64. The summed E-state index contributed by atoms with van der Waals surface area (Å²) in [4.78, 5) is 14.3. The molecular weight excluding hydrogens is 240 g/mol. The highest BCUT2D eigenvalue weighted by molar-refractivity contribution is 5.97. The van der Waals surface area contributed by atoms with Crippen molar-refractivity contribution >= 4 is 11.6 Å². The van der Waals surface area contributed by atoms with Crippen LogP contribution in [0.5, 0.6) is 0 Å². The first-order chi connectivity index (χ1) is 9.24. The second-order valence-electron chi connectivity index (χ2n) is 4.96. The number of ether oxygens (including phenoxy) is 1. The molecule has 0 saturated carbocycles. The predicted molar refractivity (Wildman–Crippen MR) is 76.2 cm³/mol. The average Bonchev–Trinajstić information content (AvgIpc) is 2.66. The lowest BCUT2D eigenvalue weighted by Crippen LogP contribution is -2.45. The van der Waals surface area contributed by atoms with Gasteiger partial charge in [-0.3, -0.25) is 4.79 Å². The summed E-state index contributed by atoms with van der Waals surface area (Å²) in [6.07, 6.45) is 3.74. The number of nitrogens with zero attached hydrogens (tertiary/aromatic N) is 1. The summed E-state index contributed by atoms with van der Waals surface area (Å²) in [7, 11) is 1.62. The molecule has 0 spiro atoms. The number of methoxy groups -OCH3 is 1. The second-order valence-corrected chi connectivity index (χ2v) is 4.96. The second kappa shape index (κ2) is 6.68. The van der Waals surface area contributed by atoms with Crippen LogP contribution in [0.4, 0.5) is 5.69 Å². The maximum Gasteiger partial charge on any atom is 0.243 e. The highest BCUT2D eigenvalue weighted by Gasteiger charge is 2.25. The number of hydrogen-bond donors (Lipinski definition) is 1. The van der Waals surface area contributed by atoms with Gasteiger partial charge < -0.3 is 15.4 Å². The fraction of sp³-hybridized carbons (Fsp3) is 0.533. The van der Waals surface area contributed by atoms with Crippen molar-refractivity contribution in [3.8, 4) is 0 Å². The molecule has 1 atom stereocenters. The van der Waals surface area contributed by atoms with Gasteiger partial charge in [0.1, 0.15) is 0 Å². The third kappa shape index (κ3) is 3.33. The SMILES string of the molecule is COCCC(N)C(=O)N1CCCCc2ccccc21. The molecule has 104 valence electrons. The molecule has 4 nitrogen and oxygen atoms in total. The van der Waals surface area contributed by atoms with Crippen LogP contribution in [0.1, 0.15) is 24.8 Å². The van der Waals surface area contributed by atoms with E-state index in [1.54, 1.807) is 7.11 Å². The molecule has 0 bridgehead atoms. The summed E-state index contributed by atoms with van der Waals surface area (Å²) < 4.78 is 4.99. The molecule has 0 aromatic heterocycles. The molecule has 4 heteroatoms. The Kier molecular flexibility index (Phi) is 4.93. The van der Waals surface area contributed by atoms with Crippen LogP contribution in [0.25, 0.3) is 0 Å². The smallest absolute Gasteiger partial charge is 0.243 e. The van der Waals surface area contributed by atoms with Gasteiger partial charge in [0.05, 0.1) is 6.04 Å². The molecule has 0 aliphatic carbocycles. The Morgan fingerprint density at radius 3 is 3.00 bits per heavy atom. The number of aryl methyl sites for hydroxylation is 1. The van der Waals surface area contributed by atoms with Crippen molar-refractivity contribution in [3.63, 3.8) is 0 Å². The number of para-hydroxylation sites is 1. The third-order valence-corrected chi connectivity index (χ3v) is 3.58. The Morgan fingerprint density at radius 1 is 1.42 bits per heavy atom.